The van der Waals surface area contributed by atoms with E-state index in [-0.39, 0.29) is 12.5 Å². The smallest absolute Gasteiger partial charge is 0.248 e. The van der Waals surface area contributed by atoms with Crippen molar-refractivity contribution in [1.29, 1.82) is 0 Å². The van der Waals surface area contributed by atoms with Crippen LogP contribution in [0.2, 0.25) is 0 Å². The van der Waals surface area contributed by atoms with E-state index in [1.165, 1.54) is 17.1 Å². The lowest BCUT2D eigenvalue weighted by Gasteiger charge is -2.23. The zero-order chi connectivity index (χ0) is 15.5. The van der Waals surface area contributed by atoms with Crippen LogP contribution in [0.1, 0.15) is 12.5 Å². The highest BCUT2D eigenvalue weighted by Gasteiger charge is 2.30. The Labute approximate surface area is 121 Å². The van der Waals surface area contributed by atoms with Crippen molar-refractivity contribution < 1.29 is 9.59 Å². The van der Waals surface area contributed by atoms with Crippen LogP contribution in [0.5, 0.6) is 0 Å². The first-order valence-electron chi connectivity index (χ1n) is 6.36. The molecule has 0 spiro atoms. The lowest BCUT2D eigenvalue weighted by molar-refractivity contribution is -0.121. The van der Waals surface area contributed by atoms with Crippen molar-refractivity contribution in [3.05, 3.63) is 48.3 Å². The molecule has 2 amide bonds. The van der Waals surface area contributed by atoms with Gasteiger partial charge in [0.15, 0.2) is 0 Å². The van der Waals surface area contributed by atoms with Crippen molar-refractivity contribution in [3.63, 3.8) is 0 Å². The number of rotatable bonds is 5. The van der Waals surface area contributed by atoms with Crippen LogP contribution in [-0.2, 0) is 21.7 Å². The number of hydrogen-bond donors (Lipinski definition) is 3. The molecule has 0 saturated heterocycles. The molecule has 2 aromatic rings. The zero-order valence-corrected chi connectivity index (χ0v) is 11.6. The Bertz CT molecular complexity index is 648. The Morgan fingerprint density at radius 1 is 1.33 bits per heavy atom. The van der Waals surface area contributed by atoms with Gasteiger partial charge in [0.05, 0.1) is 11.9 Å². The minimum Gasteiger partial charge on any atom is -0.368 e. The first-order valence-corrected chi connectivity index (χ1v) is 6.36. The molecular formula is C14H17N5O2. The maximum Gasteiger partial charge on any atom is 0.248 e. The van der Waals surface area contributed by atoms with Gasteiger partial charge in [0.1, 0.15) is 12.1 Å². The van der Waals surface area contributed by atoms with Gasteiger partial charge in [0.25, 0.3) is 0 Å². The van der Waals surface area contributed by atoms with E-state index in [1.54, 1.807) is 19.1 Å². The molecule has 0 aliphatic carbocycles. The summed E-state index contributed by atoms with van der Waals surface area (Å²) in [6, 6.07) is 9.06. The molecule has 1 aromatic carbocycles. The minimum atomic E-state index is -1.17. The number of aromatic nitrogens is 2. The average Bonchev–Trinajstić information content (AvgIpc) is 2.86. The monoisotopic (exact) mass is 287 g/mol. The van der Waals surface area contributed by atoms with Gasteiger partial charge >= 0.3 is 0 Å². The highest BCUT2D eigenvalue weighted by Crippen LogP contribution is 2.19. The van der Waals surface area contributed by atoms with E-state index in [0.717, 1.165) is 0 Å². The van der Waals surface area contributed by atoms with Gasteiger partial charge in [-0.05, 0) is 12.5 Å². The molecule has 1 heterocycles. The molecule has 110 valence electrons. The molecule has 1 aromatic heterocycles. The Kier molecular flexibility index (Phi) is 4.04. The number of nitrogens with one attached hydrogen (secondary N) is 1. The Balaban J connectivity index is 2.10. The van der Waals surface area contributed by atoms with Crippen LogP contribution in [0.3, 0.4) is 0 Å². The number of carbonyl (C=O) groups is 2. The maximum atomic E-state index is 12.3. The summed E-state index contributed by atoms with van der Waals surface area (Å²) < 4.78 is 1.34. The normalized spacial score (nSPS) is 13.4. The molecule has 0 fully saturated rings. The number of carbonyl (C=O) groups excluding carboxylic acids is 2. The molecule has 0 saturated carbocycles. The van der Waals surface area contributed by atoms with Gasteiger partial charge in [-0.25, -0.2) is 0 Å². The Morgan fingerprint density at radius 2 is 2.00 bits per heavy atom. The van der Waals surface area contributed by atoms with Gasteiger partial charge in [-0.1, -0.05) is 30.3 Å². The van der Waals surface area contributed by atoms with E-state index in [0.29, 0.717) is 11.3 Å². The van der Waals surface area contributed by atoms with E-state index < -0.39 is 11.4 Å². The fraction of sp³-hybridized carbons (Fsp3) is 0.214. The van der Waals surface area contributed by atoms with Crippen molar-refractivity contribution in [1.82, 2.24) is 9.78 Å². The molecule has 21 heavy (non-hydrogen) atoms. The summed E-state index contributed by atoms with van der Waals surface area (Å²) in [5.41, 5.74) is 11.2. The van der Waals surface area contributed by atoms with Crippen LogP contribution < -0.4 is 16.8 Å². The minimum absolute atomic E-state index is 0.0472. The maximum absolute atomic E-state index is 12.3. The van der Waals surface area contributed by atoms with E-state index in [4.69, 9.17) is 11.5 Å². The zero-order valence-electron chi connectivity index (χ0n) is 11.6. The van der Waals surface area contributed by atoms with Gasteiger partial charge in [-0.3, -0.25) is 14.3 Å². The summed E-state index contributed by atoms with van der Waals surface area (Å²) in [4.78, 5) is 23.1. The van der Waals surface area contributed by atoms with Gasteiger partial charge in [0.2, 0.25) is 11.8 Å². The first kappa shape index (κ1) is 14.7. The van der Waals surface area contributed by atoms with E-state index in [1.807, 2.05) is 18.2 Å². The van der Waals surface area contributed by atoms with Crippen LogP contribution in [-0.4, -0.2) is 21.6 Å². The number of nitrogens with two attached hydrogens (primary N) is 2. The number of hydrogen-bond acceptors (Lipinski definition) is 4. The molecule has 1 atom stereocenters. The molecule has 0 aliphatic heterocycles. The topological polar surface area (TPSA) is 116 Å². The highest BCUT2D eigenvalue weighted by atomic mass is 16.2. The Morgan fingerprint density at radius 3 is 2.62 bits per heavy atom. The third-order valence-electron chi connectivity index (χ3n) is 3.05. The summed E-state index contributed by atoms with van der Waals surface area (Å²) >= 11 is 0. The number of benzene rings is 1. The predicted octanol–water partition coefficient (Wildman–Crippen LogP) is 0.181. The van der Waals surface area contributed by atoms with E-state index >= 15 is 0 Å². The third kappa shape index (κ3) is 3.46. The second kappa shape index (κ2) is 5.76. The van der Waals surface area contributed by atoms with Crippen LogP contribution in [0.25, 0.3) is 0 Å². The molecule has 0 aliphatic rings. The van der Waals surface area contributed by atoms with Gasteiger partial charge in [0, 0.05) is 6.20 Å². The van der Waals surface area contributed by atoms with E-state index in [9.17, 15) is 9.59 Å². The van der Waals surface area contributed by atoms with Crippen LogP contribution in [0.15, 0.2) is 42.7 Å². The average molecular weight is 287 g/mol. The van der Waals surface area contributed by atoms with Crippen molar-refractivity contribution >= 4 is 17.5 Å². The lowest BCUT2D eigenvalue weighted by atomic mass is 9.92. The molecule has 0 bridgehead atoms. The molecule has 7 nitrogen and oxygen atoms in total. The number of anilines is 1. The predicted molar refractivity (Wildman–Crippen MR) is 78.0 cm³/mol. The second-order valence-electron chi connectivity index (χ2n) is 4.92. The van der Waals surface area contributed by atoms with Crippen LogP contribution in [0, 0.1) is 0 Å². The summed E-state index contributed by atoms with van der Waals surface area (Å²) in [6.07, 6.45) is 2.95. The van der Waals surface area contributed by atoms with Gasteiger partial charge < -0.3 is 16.8 Å². The number of primary amides is 1. The fourth-order valence-corrected chi connectivity index (χ4v) is 1.85. The number of nitrogens with zero attached hydrogens (tertiary/aromatic N) is 2. The molecular weight excluding hydrogens is 270 g/mol. The largest absolute Gasteiger partial charge is 0.368 e. The van der Waals surface area contributed by atoms with Crippen molar-refractivity contribution in [2.75, 3.05) is 5.32 Å². The Hall–Kier alpha value is -2.67. The third-order valence-corrected chi connectivity index (χ3v) is 3.05. The van der Waals surface area contributed by atoms with Crippen molar-refractivity contribution in [2.24, 2.45) is 11.5 Å². The van der Waals surface area contributed by atoms with Gasteiger partial charge in [-0.15, -0.1) is 0 Å². The summed E-state index contributed by atoms with van der Waals surface area (Å²) in [5.74, 6) is -0.878. The van der Waals surface area contributed by atoms with Gasteiger partial charge in [-0.2, -0.15) is 5.10 Å². The molecule has 7 heteroatoms. The highest BCUT2D eigenvalue weighted by molar-refractivity contribution is 5.98. The summed E-state index contributed by atoms with van der Waals surface area (Å²) in [6.45, 7) is 1.58. The standard InChI is InChI=1S/C14H17N5O2/c1-14(16,10-5-3-2-4-6-10)13(21)18-11-7-17-19(8-11)9-12(15)20/h2-8H,9,16H2,1H3,(H2,15,20)(H,18,21). The van der Waals surface area contributed by atoms with Crippen molar-refractivity contribution in [3.8, 4) is 0 Å². The first-order chi connectivity index (χ1) is 9.89. The molecule has 2 rings (SSSR count). The SMILES string of the molecule is CC(N)(C(=O)Nc1cnn(CC(N)=O)c1)c1ccccc1. The summed E-state index contributed by atoms with van der Waals surface area (Å²) in [7, 11) is 0. The fourth-order valence-electron chi connectivity index (χ4n) is 1.85. The van der Waals surface area contributed by atoms with Crippen LogP contribution >= 0.6 is 0 Å². The second-order valence-corrected chi connectivity index (χ2v) is 4.92. The summed E-state index contributed by atoms with van der Waals surface area (Å²) in [5, 5.41) is 6.60. The van der Waals surface area contributed by atoms with Crippen molar-refractivity contribution in [2.45, 2.75) is 19.0 Å². The lowest BCUT2D eigenvalue weighted by Crippen LogP contribution is -2.45. The van der Waals surface area contributed by atoms with Crippen LogP contribution in [0.4, 0.5) is 5.69 Å². The van der Waals surface area contributed by atoms with E-state index in [2.05, 4.69) is 10.4 Å². The molecule has 5 N–H and O–H groups in total. The molecule has 1 unspecified atom stereocenters. The number of amides is 2. The quantitative estimate of drug-likeness (QED) is 0.727. The molecule has 0 radical (unpaired) electrons.